The molecular formula is C28H28ClN3O5S. The van der Waals surface area contributed by atoms with Gasteiger partial charge in [-0.15, -0.1) is 0 Å². The molecule has 0 aromatic heterocycles. The minimum absolute atomic E-state index is 0.0693. The lowest BCUT2D eigenvalue weighted by Gasteiger charge is -2.24. The Labute approximate surface area is 232 Å². The number of nitrogens with one attached hydrogen (secondary N) is 1. The van der Waals surface area contributed by atoms with Gasteiger partial charge in [-0.1, -0.05) is 17.7 Å². The van der Waals surface area contributed by atoms with E-state index in [2.05, 4.69) is 5.32 Å². The molecule has 4 rings (SSSR count). The Morgan fingerprint density at radius 1 is 0.947 bits per heavy atom. The van der Waals surface area contributed by atoms with Gasteiger partial charge in [0.25, 0.3) is 5.91 Å². The predicted octanol–water partition coefficient (Wildman–Crippen LogP) is 4.94. The lowest BCUT2D eigenvalue weighted by atomic mass is 10.1. The van der Waals surface area contributed by atoms with Gasteiger partial charge in [0, 0.05) is 17.3 Å². The standard InChI is InChI=1S/C28H28ClN3O5S/c1-35-22-11-9-21(10-12-22)32-27(34)23(17-26(33)30-20-7-5-19(29)6-8-20)31(28(32)38)15-14-18-4-13-24(36-2)25(16-18)37-3/h4-13,16,23H,14-15,17H2,1-3H3,(H,30,33). The number of methoxy groups -OCH3 is 3. The second-order valence-electron chi connectivity index (χ2n) is 8.56. The zero-order chi connectivity index (χ0) is 27.2. The quantitative estimate of drug-likeness (QED) is 0.356. The summed E-state index contributed by atoms with van der Waals surface area (Å²) in [6, 6.07) is 18.8. The molecule has 10 heteroatoms. The van der Waals surface area contributed by atoms with Gasteiger partial charge in [-0.2, -0.15) is 0 Å². The van der Waals surface area contributed by atoms with Gasteiger partial charge in [-0.05, 0) is 84.9 Å². The minimum Gasteiger partial charge on any atom is -0.497 e. The number of thiocarbonyl (C=S) groups is 1. The Morgan fingerprint density at radius 3 is 2.26 bits per heavy atom. The molecule has 1 N–H and O–H groups in total. The molecule has 0 saturated carbocycles. The van der Waals surface area contributed by atoms with Crippen molar-refractivity contribution in [3.8, 4) is 17.2 Å². The number of anilines is 2. The van der Waals surface area contributed by atoms with Crippen LogP contribution in [0, 0.1) is 0 Å². The van der Waals surface area contributed by atoms with Gasteiger partial charge in [0.15, 0.2) is 16.6 Å². The van der Waals surface area contributed by atoms with Crippen molar-refractivity contribution in [2.45, 2.75) is 18.9 Å². The molecule has 0 radical (unpaired) electrons. The molecular weight excluding hydrogens is 526 g/mol. The predicted molar refractivity (Wildman–Crippen MR) is 152 cm³/mol. The van der Waals surface area contributed by atoms with Crippen molar-refractivity contribution < 1.29 is 23.8 Å². The van der Waals surface area contributed by atoms with Crippen LogP contribution in [-0.2, 0) is 16.0 Å². The fourth-order valence-corrected chi connectivity index (χ4v) is 4.80. The van der Waals surface area contributed by atoms with Crippen molar-refractivity contribution in [1.82, 2.24) is 4.90 Å². The van der Waals surface area contributed by atoms with Gasteiger partial charge in [-0.3, -0.25) is 14.5 Å². The Balaban J connectivity index is 1.56. The van der Waals surface area contributed by atoms with Crippen LogP contribution in [0.15, 0.2) is 66.7 Å². The molecule has 1 aliphatic rings. The molecule has 198 valence electrons. The van der Waals surface area contributed by atoms with E-state index in [1.165, 1.54) is 4.90 Å². The molecule has 1 atom stereocenters. The van der Waals surface area contributed by atoms with E-state index in [9.17, 15) is 9.59 Å². The highest BCUT2D eigenvalue weighted by molar-refractivity contribution is 7.80. The van der Waals surface area contributed by atoms with Crippen molar-refractivity contribution >= 4 is 52.1 Å². The van der Waals surface area contributed by atoms with Crippen molar-refractivity contribution in [1.29, 1.82) is 0 Å². The van der Waals surface area contributed by atoms with Gasteiger partial charge in [-0.25, -0.2) is 0 Å². The van der Waals surface area contributed by atoms with E-state index in [1.807, 2.05) is 18.2 Å². The molecule has 38 heavy (non-hydrogen) atoms. The summed E-state index contributed by atoms with van der Waals surface area (Å²) in [4.78, 5) is 29.9. The Morgan fingerprint density at radius 2 is 1.63 bits per heavy atom. The summed E-state index contributed by atoms with van der Waals surface area (Å²) >= 11 is 11.7. The van der Waals surface area contributed by atoms with Crippen molar-refractivity contribution in [3.05, 3.63) is 77.3 Å². The second kappa shape index (κ2) is 12.1. The average molecular weight is 554 g/mol. The van der Waals surface area contributed by atoms with E-state index in [4.69, 9.17) is 38.0 Å². The Kier molecular flexibility index (Phi) is 8.70. The summed E-state index contributed by atoms with van der Waals surface area (Å²) in [5, 5.41) is 3.74. The molecule has 0 aliphatic carbocycles. The van der Waals surface area contributed by atoms with E-state index < -0.39 is 6.04 Å². The maximum atomic E-state index is 13.6. The number of ether oxygens (including phenoxy) is 3. The maximum Gasteiger partial charge on any atom is 0.256 e. The largest absolute Gasteiger partial charge is 0.497 e. The molecule has 0 bridgehead atoms. The fraction of sp³-hybridized carbons (Fsp3) is 0.250. The molecule has 1 fully saturated rings. The normalized spacial score (nSPS) is 15.0. The van der Waals surface area contributed by atoms with Gasteiger partial charge in [0.1, 0.15) is 11.8 Å². The zero-order valence-electron chi connectivity index (χ0n) is 21.3. The van der Waals surface area contributed by atoms with Gasteiger partial charge in [0.05, 0.1) is 33.4 Å². The summed E-state index contributed by atoms with van der Waals surface area (Å²) in [6.45, 7) is 0.422. The number of carbonyl (C=O) groups is 2. The van der Waals surface area contributed by atoms with Gasteiger partial charge in [0.2, 0.25) is 5.91 Å². The van der Waals surface area contributed by atoms with Crippen LogP contribution in [0.4, 0.5) is 11.4 Å². The molecule has 1 saturated heterocycles. The Bertz CT molecular complexity index is 1320. The van der Waals surface area contributed by atoms with E-state index >= 15 is 0 Å². The summed E-state index contributed by atoms with van der Waals surface area (Å²) in [7, 11) is 4.74. The molecule has 1 heterocycles. The number of benzene rings is 3. The molecule has 8 nitrogen and oxygen atoms in total. The molecule has 1 unspecified atom stereocenters. The number of carbonyl (C=O) groups excluding carboxylic acids is 2. The summed E-state index contributed by atoms with van der Waals surface area (Å²) in [5.74, 6) is 1.34. The van der Waals surface area contributed by atoms with Crippen LogP contribution in [-0.4, -0.2) is 55.7 Å². The van der Waals surface area contributed by atoms with E-state index in [0.717, 1.165) is 5.56 Å². The highest BCUT2D eigenvalue weighted by Gasteiger charge is 2.44. The first-order valence-electron chi connectivity index (χ1n) is 11.9. The van der Waals surface area contributed by atoms with Gasteiger partial charge >= 0.3 is 0 Å². The van der Waals surface area contributed by atoms with Crippen LogP contribution in [0.25, 0.3) is 0 Å². The number of hydrogen-bond acceptors (Lipinski definition) is 6. The lowest BCUT2D eigenvalue weighted by Crippen LogP contribution is -2.39. The van der Waals surface area contributed by atoms with Crippen LogP contribution in [0.2, 0.25) is 5.02 Å². The summed E-state index contributed by atoms with van der Waals surface area (Å²) in [6.07, 6.45) is 0.500. The minimum atomic E-state index is -0.767. The summed E-state index contributed by atoms with van der Waals surface area (Å²) < 4.78 is 16.0. The van der Waals surface area contributed by atoms with Crippen LogP contribution >= 0.6 is 23.8 Å². The number of halogens is 1. The SMILES string of the molecule is COc1ccc(N2C(=O)C(CC(=O)Nc3ccc(Cl)cc3)N(CCc3ccc(OC)c(OC)c3)C2=S)cc1. The second-order valence-corrected chi connectivity index (χ2v) is 9.36. The zero-order valence-corrected chi connectivity index (χ0v) is 22.8. The number of nitrogens with zero attached hydrogens (tertiary/aromatic N) is 2. The molecule has 0 spiro atoms. The number of rotatable bonds is 10. The van der Waals surface area contributed by atoms with Crippen LogP contribution < -0.4 is 24.4 Å². The molecule has 1 aliphatic heterocycles. The van der Waals surface area contributed by atoms with E-state index in [-0.39, 0.29) is 18.2 Å². The molecule has 2 amide bonds. The number of hydrogen-bond donors (Lipinski definition) is 1. The first kappa shape index (κ1) is 27.2. The van der Waals surface area contributed by atoms with Gasteiger partial charge < -0.3 is 24.4 Å². The molecule has 3 aromatic rings. The monoisotopic (exact) mass is 553 g/mol. The third kappa shape index (κ3) is 6.00. The van der Waals surface area contributed by atoms with E-state index in [0.29, 0.717) is 51.7 Å². The van der Waals surface area contributed by atoms with Crippen molar-refractivity contribution in [3.63, 3.8) is 0 Å². The lowest BCUT2D eigenvalue weighted by molar-refractivity contribution is -0.124. The smallest absolute Gasteiger partial charge is 0.256 e. The highest BCUT2D eigenvalue weighted by atomic mass is 35.5. The van der Waals surface area contributed by atoms with Crippen LogP contribution in [0.1, 0.15) is 12.0 Å². The van der Waals surface area contributed by atoms with Crippen LogP contribution in [0.3, 0.4) is 0 Å². The molecule has 3 aromatic carbocycles. The Hall–Kier alpha value is -3.82. The summed E-state index contributed by atoms with van der Waals surface area (Å²) in [5.41, 5.74) is 2.18. The third-order valence-corrected chi connectivity index (χ3v) is 6.91. The van der Waals surface area contributed by atoms with Crippen molar-refractivity contribution in [2.75, 3.05) is 38.1 Å². The number of amides is 2. The topological polar surface area (TPSA) is 80.3 Å². The van der Waals surface area contributed by atoms with Crippen LogP contribution in [0.5, 0.6) is 17.2 Å². The fourth-order valence-electron chi connectivity index (χ4n) is 4.26. The first-order valence-corrected chi connectivity index (χ1v) is 12.7. The first-order chi connectivity index (χ1) is 18.3. The van der Waals surface area contributed by atoms with Crippen molar-refractivity contribution in [2.24, 2.45) is 0 Å². The third-order valence-electron chi connectivity index (χ3n) is 6.25. The van der Waals surface area contributed by atoms with E-state index in [1.54, 1.807) is 74.8 Å². The maximum absolute atomic E-state index is 13.6. The average Bonchev–Trinajstić information content (AvgIpc) is 3.16. The highest BCUT2D eigenvalue weighted by Crippen LogP contribution is 2.31.